The number of rotatable bonds is 12. The van der Waals surface area contributed by atoms with Crippen molar-refractivity contribution >= 4 is 13.6 Å². The van der Waals surface area contributed by atoms with Crippen LogP contribution in [-0.4, -0.2) is 36.6 Å². The second-order valence-corrected chi connectivity index (χ2v) is 7.85. The van der Waals surface area contributed by atoms with Gasteiger partial charge in [-0.1, -0.05) is 36.4 Å². The van der Waals surface area contributed by atoms with E-state index in [9.17, 15) is 14.5 Å². The first-order valence-electron chi connectivity index (χ1n) is 8.84. The Morgan fingerprint density at radius 2 is 1.73 bits per heavy atom. The topological polar surface area (TPSA) is 82.1 Å². The number of carbonyl (C=O) groups is 1. The Morgan fingerprint density at radius 1 is 1.15 bits per heavy atom. The highest BCUT2D eigenvalue weighted by molar-refractivity contribution is 7.55. The van der Waals surface area contributed by atoms with Crippen molar-refractivity contribution in [2.75, 3.05) is 19.8 Å². The van der Waals surface area contributed by atoms with Crippen LogP contribution in [0.15, 0.2) is 43.0 Å². The van der Waals surface area contributed by atoms with Gasteiger partial charge < -0.3 is 18.9 Å². The molecule has 0 saturated heterocycles. The third-order valence-corrected chi connectivity index (χ3v) is 6.32. The van der Waals surface area contributed by atoms with Crippen LogP contribution in [-0.2, 0) is 23.1 Å². The maximum absolute atomic E-state index is 13.2. The van der Waals surface area contributed by atoms with Gasteiger partial charge in [0.1, 0.15) is 0 Å². The zero-order valence-corrected chi connectivity index (χ0v) is 16.6. The highest BCUT2D eigenvalue weighted by atomic mass is 31.2. The predicted octanol–water partition coefficient (Wildman–Crippen LogP) is 4.11. The van der Waals surface area contributed by atoms with E-state index in [-0.39, 0.29) is 26.2 Å². The minimum absolute atomic E-state index is 0.0374. The van der Waals surface area contributed by atoms with Gasteiger partial charge in [-0.05, 0) is 32.8 Å². The van der Waals surface area contributed by atoms with E-state index in [0.717, 1.165) is 0 Å². The van der Waals surface area contributed by atoms with Gasteiger partial charge in [0.05, 0.1) is 25.9 Å². The van der Waals surface area contributed by atoms with Crippen LogP contribution in [0.4, 0.5) is 0 Å². The Balaban J connectivity index is 3.14. The summed E-state index contributed by atoms with van der Waals surface area (Å²) >= 11 is 0. The zero-order valence-electron chi connectivity index (χ0n) is 15.7. The molecule has 1 aromatic carbocycles. The molecule has 0 spiro atoms. The van der Waals surface area contributed by atoms with Crippen molar-refractivity contribution < 1.29 is 28.3 Å². The number of aliphatic hydroxyl groups excluding tert-OH is 1. The Kier molecular flexibility index (Phi) is 9.81. The van der Waals surface area contributed by atoms with E-state index in [4.69, 9.17) is 13.8 Å². The van der Waals surface area contributed by atoms with E-state index < -0.39 is 31.2 Å². The summed E-state index contributed by atoms with van der Waals surface area (Å²) in [6.45, 7) is 9.20. The van der Waals surface area contributed by atoms with Gasteiger partial charge in [0.25, 0.3) is 0 Å². The van der Waals surface area contributed by atoms with Gasteiger partial charge in [0.15, 0.2) is 5.66 Å². The van der Waals surface area contributed by atoms with Gasteiger partial charge in [-0.15, -0.1) is 6.58 Å². The van der Waals surface area contributed by atoms with Crippen LogP contribution in [0.3, 0.4) is 0 Å². The molecule has 0 fully saturated rings. The van der Waals surface area contributed by atoms with E-state index in [0.29, 0.717) is 5.56 Å². The maximum Gasteiger partial charge on any atom is 0.344 e. The van der Waals surface area contributed by atoms with Crippen molar-refractivity contribution in [2.45, 2.75) is 39.0 Å². The highest BCUT2D eigenvalue weighted by Gasteiger charge is 2.44. The van der Waals surface area contributed by atoms with Crippen LogP contribution in [0.1, 0.15) is 38.9 Å². The number of hydrogen-bond donors (Lipinski definition) is 1. The smallest absolute Gasteiger partial charge is 0.344 e. The van der Waals surface area contributed by atoms with Crippen molar-refractivity contribution in [1.29, 1.82) is 0 Å². The lowest BCUT2D eigenvalue weighted by atomic mass is 9.91. The molecule has 1 N–H and O–H groups in total. The molecule has 0 saturated carbocycles. The predicted molar refractivity (Wildman–Crippen MR) is 101 cm³/mol. The summed E-state index contributed by atoms with van der Waals surface area (Å²) < 4.78 is 29.0. The molecule has 7 heteroatoms. The number of carbonyl (C=O) groups excluding carboxylic acids is 1. The Morgan fingerprint density at radius 3 is 2.19 bits per heavy atom. The molecule has 1 rings (SSSR count). The van der Waals surface area contributed by atoms with Crippen LogP contribution in [0.5, 0.6) is 0 Å². The summed E-state index contributed by atoms with van der Waals surface area (Å²) in [4.78, 5) is 12.5. The fourth-order valence-electron chi connectivity index (χ4n) is 2.68. The summed E-state index contributed by atoms with van der Waals surface area (Å²) in [5.74, 6) is -1.19. The molecule has 0 heterocycles. The summed E-state index contributed by atoms with van der Waals surface area (Å²) in [6.07, 6.45) is 0.684. The molecule has 0 aliphatic rings. The molecular weight excluding hydrogens is 355 g/mol. The lowest BCUT2D eigenvalue weighted by Crippen LogP contribution is -2.29. The Labute approximate surface area is 155 Å². The van der Waals surface area contributed by atoms with E-state index >= 15 is 0 Å². The number of aliphatic hydroxyl groups is 1. The Hall–Kier alpha value is -1.46. The van der Waals surface area contributed by atoms with E-state index in [1.165, 1.54) is 0 Å². The average molecular weight is 384 g/mol. The lowest BCUT2D eigenvalue weighted by molar-refractivity contribution is -0.143. The van der Waals surface area contributed by atoms with Crippen molar-refractivity contribution in [1.82, 2.24) is 0 Å². The van der Waals surface area contributed by atoms with Crippen LogP contribution in [0.25, 0.3) is 0 Å². The van der Waals surface area contributed by atoms with Gasteiger partial charge >= 0.3 is 13.6 Å². The number of benzene rings is 1. The fraction of sp³-hybridized carbons (Fsp3) is 0.526. The molecule has 26 heavy (non-hydrogen) atoms. The normalized spacial score (nSPS) is 15.1. The van der Waals surface area contributed by atoms with E-state index in [1.807, 2.05) is 18.2 Å². The van der Waals surface area contributed by atoms with Crippen LogP contribution in [0.2, 0.25) is 0 Å². The van der Waals surface area contributed by atoms with Gasteiger partial charge in [-0.25, -0.2) is 0 Å². The number of ether oxygens (including phenoxy) is 1. The van der Waals surface area contributed by atoms with Crippen molar-refractivity contribution in [3.05, 3.63) is 48.6 Å². The molecule has 146 valence electrons. The lowest BCUT2D eigenvalue weighted by Gasteiger charge is -2.28. The summed E-state index contributed by atoms with van der Waals surface area (Å²) in [5.41, 5.74) is -0.452. The largest absolute Gasteiger partial charge is 0.465 e. The van der Waals surface area contributed by atoms with Crippen LogP contribution >= 0.6 is 7.60 Å². The molecule has 0 radical (unpaired) electrons. The minimum Gasteiger partial charge on any atom is -0.465 e. The van der Waals surface area contributed by atoms with Gasteiger partial charge in [-0.2, -0.15) is 0 Å². The highest BCUT2D eigenvalue weighted by Crippen LogP contribution is 2.56. The molecule has 0 bridgehead atoms. The molecule has 6 nitrogen and oxygen atoms in total. The average Bonchev–Trinajstić information content (AvgIpc) is 2.63. The third-order valence-electron chi connectivity index (χ3n) is 3.90. The molecule has 0 amide bonds. The Bertz CT molecular complexity index is 593. The van der Waals surface area contributed by atoms with E-state index in [2.05, 4.69) is 6.58 Å². The summed E-state index contributed by atoms with van der Waals surface area (Å²) in [6, 6.07) is 9.04. The van der Waals surface area contributed by atoms with Gasteiger partial charge in [0.2, 0.25) is 0 Å². The van der Waals surface area contributed by atoms with Crippen LogP contribution in [0, 0.1) is 5.92 Å². The molecule has 0 aliphatic carbocycles. The quantitative estimate of drug-likeness (QED) is 0.332. The first kappa shape index (κ1) is 22.6. The van der Waals surface area contributed by atoms with Crippen molar-refractivity contribution in [2.24, 2.45) is 5.92 Å². The SMILES string of the molecule is C=C[C@@H](CC(C(=O)OCC)P(=O)(OCC)OCC)[C@@H](O)c1ccccc1. The first-order chi connectivity index (χ1) is 12.4. The zero-order chi connectivity index (χ0) is 19.6. The summed E-state index contributed by atoms with van der Waals surface area (Å²) in [5, 5.41) is 10.7. The van der Waals surface area contributed by atoms with E-state index in [1.54, 1.807) is 39.0 Å². The van der Waals surface area contributed by atoms with Gasteiger partial charge in [-0.3, -0.25) is 9.36 Å². The maximum atomic E-state index is 13.2. The summed E-state index contributed by atoms with van der Waals surface area (Å²) in [7, 11) is -3.75. The monoisotopic (exact) mass is 384 g/mol. The number of esters is 1. The number of hydrogen-bond acceptors (Lipinski definition) is 6. The fourth-order valence-corrected chi connectivity index (χ4v) is 4.67. The minimum atomic E-state index is -3.75. The van der Waals surface area contributed by atoms with Gasteiger partial charge in [0, 0.05) is 5.92 Å². The second-order valence-electron chi connectivity index (χ2n) is 5.63. The standard InChI is InChI=1S/C19H29O6P/c1-5-15(18(20)16-12-10-9-11-13-16)14-17(19(21)23-6-2)26(22,24-7-3)25-8-4/h5,9-13,15,17-18,20H,1,6-8,14H2,2-4H3/t15-,17?,18+/m0/s1. The molecule has 0 aliphatic heterocycles. The van der Waals surface area contributed by atoms with Crippen molar-refractivity contribution in [3.8, 4) is 0 Å². The van der Waals surface area contributed by atoms with Crippen molar-refractivity contribution in [3.63, 3.8) is 0 Å². The third kappa shape index (κ3) is 6.06. The molecule has 0 aromatic heterocycles. The molecule has 1 unspecified atom stereocenters. The van der Waals surface area contributed by atoms with Crippen LogP contribution < -0.4 is 0 Å². The second kappa shape index (κ2) is 11.3. The molecule has 3 atom stereocenters. The molecular formula is C19H29O6P. The first-order valence-corrected chi connectivity index (χ1v) is 10.5. The molecule has 1 aromatic rings.